The number of hydrogen-bond acceptors (Lipinski definition) is 8. The van der Waals surface area contributed by atoms with E-state index in [2.05, 4.69) is 22.2 Å². The molecule has 0 aromatic carbocycles. The van der Waals surface area contributed by atoms with Crippen molar-refractivity contribution in [1.29, 1.82) is 5.39 Å². The lowest BCUT2D eigenvalue weighted by atomic mass is 10.0. The van der Waals surface area contributed by atoms with Gasteiger partial charge in [-0.3, -0.25) is 29.0 Å². The van der Waals surface area contributed by atoms with E-state index in [4.69, 9.17) is 10.1 Å². The predicted octanol–water partition coefficient (Wildman–Crippen LogP) is 0.902. The third-order valence-electron chi connectivity index (χ3n) is 5.87. The lowest BCUT2D eigenvalue weighted by Crippen LogP contribution is -2.64. The van der Waals surface area contributed by atoms with Gasteiger partial charge in [-0.25, -0.2) is 5.01 Å². The standard InChI is InChI=1S/C23H32N6O7/c1-4-12-36-20(32)10-8-15(18(30)13-25-24)26-22(34)17-6-5-11-28-19(31)9-7-16(23(35)29(17)28)27-21(33)14(2)3/h4,13-17H,1,5-12H2,2-3H3,(H2-,26,27,30,33,34)/p+1/b18-13-/t15-,16-,17-/m0/s1. The van der Waals surface area contributed by atoms with E-state index < -0.39 is 41.7 Å². The second-order valence-electron chi connectivity index (χ2n) is 8.85. The Morgan fingerprint density at radius 2 is 2.03 bits per heavy atom. The average Bonchev–Trinajstić information content (AvgIpc) is 2.97. The highest BCUT2D eigenvalue weighted by molar-refractivity contribution is 5.95. The van der Waals surface area contributed by atoms with Crippen LogP contribution in [0, 0.1) is 11.3 Å². The van der Waals surface area contributed by atoms with Gasteiger partial charge in [-0.05, 0) is 25.7 Å². The molecule has 2 rings (SSSR count). The molecule has 4 amide bonds. The topological polar surface area (TPSA) is 174 Å². The third kappa shape index (κ3) is 7.27. The van der Waals surface area contributed by atoms with Crippen LogP contribution in [-0.4, -0.2) is 76.0 Å². The number of rotatable bonds is 10. The van der Waals surface area contributed by atoms with Crippen LogP contribution in [0.25, 0.3) is 4.98 Å². The van der Waals surface area contributed by atoms with Gasteiger partial charge in [-0.1, -0.05) is 26.5 Å². The van der Waals surface area contributed by atoms with E-state index in [0.717, 1.165) is 5.01 Å². The van der Waals surface area contributed by atoms with E-state index in [-0.39, 0.29) is 63.0 Å². The molecular formula is C23H33N6O7+. The molecule has 0 spiro atoms. The fraction of sp³-hybridized carbons (Fsp3) is 0.609. The Bertz CT molecular complexity index is 957. The molecule has 0 aliphatic carbocycles. The Labute approximate surface area is 209 Å². The number of diazo groups is 1. The maximum Gasteiger partial charge on any atom is 0.389 e. The highest BCUT2D eigenvalue weighted by Crippen LogP contribution is 2.25. The quantitative estimate of drug-likeness (QED) is 0.170. The zero-order valence-electron chi connectivity index (χ0n) is 20.5. The van der Waals surface area contributed by atoms with Gasteiger partial charge in [-0.2, -0.15) is 0 Å². The molecule has 2 aliphatic rings. The maximum absolute atomic E-state index is 13.4. The van der Waals surface area contributed by atoms with E-state index in [9.17, 15) is 29.1 Å². The first-order valence-electron chi connectivity index (χ1n) is 11.8. The van der Waals surface area contributed by atoms with Crippen molar-refractivity contribution < 1.29 is 33.8 Å². The highest BCUT2D eigenvalue weighted by Gasteiger charge is 2.45. The summed E-state index contributed by atoms with van der Waals surface area (Å²) in [7, 11) is 0. The molecule has 0 radical (unpaired) electrons. The SMILES string of the molecule is C=CCOC(=O)CC[C@H](NC(=O)[C@@H]1CCCN2C(=O)CC[C@H](NC(=O)C(C)C)C(=O)N12)/C(O)=C/[N+]#N. The first-order chi connectivity index (χ1) is 17.1. The molecule has 3 atom stereocenters. The van der Waals surface area contributed by atoms with Gasteiger partial charge in [0, 0.05) is 25.3 Å². The zero-order valence-corrected chi connectivity index (χ0v) is 20.5. The lowest BCUT2D eigenvalue weighted by molar-refractivity contribution is -0.176. The first-order valence-corrected chi connectivity index (χ1v) is 11.8. The summed E-state index contributed by atoms with van der Waals surface area (Å²) in [6, 6.07) is -3.20. The summed E-state index contributed by atoms with van der Waals surface area (Å²) < 4.78 is 4.90. The van der Waals surface area contributed by atoms with Gasteiger partial charge in [0.2, 0.25) is 28.9 Å². The van der Waals surface area contributed by atoms with Crippen molar-refractivity contribution >= 4 is 29.6 Å². The molecule has 2 heterocycles. The van der Waals surface area contributed by atoms with Crippen LogP contribution >= 0.6 is 0 Å². The monoisotopic (exact) mass is 505 g/mol. The number of fused-ring (bicyclic) bond motifs is 1. The van der Waals surface area contributed by atoms with Gasteiger partial charge < -0.3 is 20.5 Å². The number of hydrogen-bond donors (Lipinski definition) is 3. The Hall–Kier alpha value is -3.95. The van der Waals surface area contributed by atoms with E-state index >= 15 is 0 Å². The molecule has 2 aliphatic heterocycles. The summed E-state index contributed by atoms with van der Waals surface area (Å²) in [6.45, 7) is 7.04. The largest absolute Gasteiger partial charge is 0.504 e. The molecular weight excluding hydrogens is 472 g/mol. The molecule has 36 heavy (non-hydrogen) atoms. The number of ether oxygens (including phenoxy) is 1. The Morgan fingerprint density at radius 3 is 2.67 bits per heavy atom. The van der Waals surface area contributed by atoms with E-state index in [0.29, 0.717) is 12.6 Å². The van der Waals surface area contributed by atoms with Crippen molar-refractivity contribution in [3.63, 3.8) is 0 Å². The van der Waals surface area contributed by atoms with Crippen LogP contribution in [0.5, 0.6) is 0 Å². The normalized spacial score (nSPS) is 21.1. The molecule has 0 saturated carbocycles. The molecule has 0 aromatic rings. The van der Waals surface area contributed by atoms with Crippen molar-refractivity contribution in [2.24, 2.45) is 5.92 Å². The Morgan fingerprint density at radius 1 is 1.31 bits per heavy atom. The second kappa shape index (κ2) is 13.2. The fourth-order valence-electron chi connectivity index (χ4n) is 3.94. The number of nitrogens with one attached hydrogen (secondary N) is 2. The Kier molecular flexibility index (Phi) is 10.4. The third-order valence-corrected chi connectivity index (χ3v) is 5.87. The minimum absolute atomic E-state index is 0.00117. The number of carbonyl (C=O) groups excluding carboxylic acids is 5. The molecule has 0 aromatic heterocycles. The van der Waals surface area contributed by atoms with Crippen molar-refractivity contribution in [3.8, 4) is 0 Å². The van der Waals surface area contributed by atoms with Crippen LogP contribution in [0.4, 0.5) is 0 Å². The van der Waals surface area contributed by atoms with Crippen LogP contribution < -0.4 is 10.6 Å². The highest BCUT2D eigenvalue weighted by atomic mass is 16.5. The van der Waals surface area contributed by atoms with Crippen LogP contribution in [0.1, 0.15) is 52.4 Å². The average molecular weight is 506 g/mol. The predicted molar refractivity (Wildman–Crippen MR) is 126 cm³/mol. The van der Waals surface area contributed by atoms with Gasteiger partial charge in [0.1, 0.15) is 18.7 Å². The number of aliphatic hydroxyl groups is 1. The molecule has 2 saturated heterocycles. The van der Waals surface area contributed by atoms with Crippen molar-refractivity contribution in [3.05, 3.63) is 29.6 Å². The van der Waals surface area contributed by atoms with Crippen molar-refractivity contribution in [2.45, 2.75) is 70.5 Å². The Balaban J connectivity index is 2.24. The number of esters is 1. The molecule has 2 fully saturated rings. The molecule has 0 unspecified atom stereocenters. The molecule has 13 nitrogen and oxygen atoms in total. The van der Waals surface area contributed by atoms with Gasteiger partial charge in [0.15, 0.2) is 4.98 Å². The van der Waals surface area contributed by atoms with Crippen LogP contribution in [-0.2, 0) is 28.7 Å². The molecule has 13 heteroatoms. The minimum atomic E-state index is -1.13. The number of nitrogens with zero attached hydrogens (tertiary/aromatic N) is 4. The summed E-state index contributed by atoms with van der Waals surface area (Å²) in [5, 5.41) is 26.6. The summed E-state index contributed by atoms with van der Waals surface area (Å²) in [5.41, 5.74) is 0. The fourth-order valence-corrected chi connectivity index (χ4v) is 3.94. The zero-order chi connectivity index (χ0) is 26.8. The van der Waals surface area contributed by atoms with E-state index in [1.54, 1.807) is 13.8 Å². The summed E-state index contributed by atoms with van der Waals surface area (Å²) in [6.07, 6.45) is 2.65. The summed E-state index contributed by atoms with van der Waals surface area (Å²) in [5.74, 6) is -3.44. The number of carbonyl (C=O) groups is 5. The molecule has 3 N–H and O–H groups in total. The number of amides is 4. The van der Waals surface area contributed by atoms with E-state index in [1.165, 1.54) is 11.1 Å². The summed E-state index contributed by atoms with van der Waals surface area (Å²) >= 11 is 0. The smallest absolute Gasteiger partial charge is 0.389 e. The minimum Gasteiger partial charge on any atom is -0.504 e. The first kappa shape index (κ1) is 28.3. The van der Waals surface area contributed by atoms with Gasteiger partial charge in [0.05, 0.1) is 6.04 Å². The number of aliphatic hydroxyl groups excluding tert-OH is 1. The maximum atomic E-state index is 13.4. The molecule has 0 bridgehead atoms. The summed E-state index contributed by atoms with van der Waals surface area (Å²) in [4.78, 5) is 66.3. The van der Waals surface area contributed by atoms with Crippen LogP contribution in [0.3, 0.4) is 0 Å². The molecule has 196 valence electrons. The van der Waals surface area contributed by atoms with Gasteiger partial charge >= 0.3 is 12.2 Å². The number of hydrazine groups is 1. The van der Waals surface area contributed by atoms with Crippen LogP contribution in [0.15, 0.2) is 24.6 Å². The van der Waals surface area contributed by atoms with E-state index in [1.807, 2.05) is 0 Å². The lowest BCUT2D eigenvalue weighted by Gasteiger charge is -2.43. The van der Waals surface area contributed by atoms with Crippen molar-refractivity contribution in [2.75, 3.05) is 13.2 Å². The van der Waals surface area contributed by atoms with Crippen molar-refractivity contribution in [1.82, 2.24) is 20.7 Å². The second-order valence-corrected chi connectivity index (χ2v) is 8.85. The van der Waals surface area contributed by atoms with Gasteiger partial charge in [0.25, 0.3) is 5.91 Å². The van der Waals surface area contributed by atoms with Crippen LogP contribution in [0.2, 0.25) is 0 Å². The van der Waals surface area contributed by atoms with Gasteiger partial charge in [-0.15, -0.1) is 0 Å².